The zero-order valence-corrected chi connectivity index (χ0v) is 15.4. The van der Waals surface area contributed by atoms with Crippen molar-refractivity contribution in [3.05, 3.63) is 65.9 Å². The first-order valence-corrected chi connectivity index (χ1v) is 8.83. The van der Waals surface area contributed by atoms with Gasteiger partial charge in [0.05, 0.1) is 19.2 Å². The summed E-state index contributed by atoms with van der Waals surface area (Å²) in [5.74, 6) is 1.61. The molecule has 0 atom stereocenters. The van der Waals surface area contributed by atoms with Crippen LogP contribution in [0.1, 0.15) is 22.8 Å². The van der Waals surface area contributed by atoms with Gasteiger partial charge in [-0.15, -0.1) is 0 Å². The molecule has 0 saturated carbocycles. The van der Waals surface area contributed by atoms with Crippen LogP contribution in [0, 0.1) is 0 Å². The predicted octanol–water partition coefficient (Wildman–Crippen LogP) is 3.83. The van der Waals surface area contributed by atoms with E-state index in [9.17, 15) is 4.79 Å². The zero-order valence-electron chi connectivity index (χ0n) is 15.4. The van der Waals surface area contributed by atoms with Crippen molar-refractivity contribution >= 4 is 22.6 Å². The van der Waals surface area contributed by atoms with Gasteiger partial charge in [-0.25, -0.2) is 0 Å². The number of ketones is 1. The van der Waals surface area contributed by atoms with E-state index in [0.29, 0.717) is 17.8 Å². The number of ether oxygens (including phenoxy) is 1. The Balaban J connectivity index is 1.55. The molecule has 6 nitrogen and oxygen atoms in total. The fourth-order valence-corrected chi connectivity index (χ4v) is 3.24. The minimum Gasteiger partial charge on any atom is -0.497 e. The number of carbonyl (C=O) groups excluding carboxylic acids is 1. The van der Waals surface area contributed by atoms with Gasteiger partial charge in [-0.2, -0.15) is 0 Å². The molecule has 0 aliphatic carbocycles. The molecule has 0 radical (unpaired) electrons. The van der Waals surface area contributed by atoms with Crippen LogP contribution in [0.5, 0.6) is 5.75 Å². The average Bonchev–Trinajstić information content (AvgIpc) is 3.12. The average molecular weight is 363 g/mol. The summed E-state index contributed by atoms with van der Waals surface area (Å²) in [6.45, 7) is 3.93. The highest BCUT2D eigenvalue weighted by Crippen LogP contribution is 2.29. The predicted molar refractivity (Wildman–Crippen MR) is 104 cm³/mol. The number of rotatable bonds is 5. The molecule has 0 unspecified atom stereocenters. The molecule has 2 aromatic carbocycles. The van der Waals surface area contributed by atoms with Crippen molar-refractivity contribution in [2.24, 2.45) is 0 Å². The molecule has 1 aliphatic rings. The molecule has 138 valence electrons. The maximum atomic E-state index is 11.7. The second kappa shape index (κ2) is 7.25. The van der Waals surface area contributed by atoms with Crippen molar-refractivity contribution < 1.29 is 14.1 Å². The van der Waals surface area contributed by atoms with Crippen molar-refractivity contribution in [2.75, 3.05) is 25.2 Å². The lowest BCUT2D eigenvalue weighted by molar-refractivity contribution is 0.101. The molecule has 1 aliphatic heterocycles. The smallest absolute Gasteiger partial charge is 0.185 e. The number of Topliss-reactive ketones (excluding diaryl/α,β-unsaturated/α-hetero) is 1. The fraction of sp³-hybridized carbons (Fsp3) is 0.238. The van der Waals surface area contributed by atoms with Gasteiger partial charge in [-0.3, -0.25) is 9.69 Å². The van der Waals surface area contributed by atoms with Crippen LogP contribution in [0.25, 0.3) is 11.0 Å². The van der Waals surface area contributed by atoms with E-state index in [1.165, 1.54) is 5.56 Å². The second-order valence-corrected chi connectivity index (χ2v) is 6.63. The summed E-state index contributed by atoms with van der Waals surface area (Å²) >= 11 is 0. The molecule has 0 bridgehead atoms. The number of benzene rings is 2. The first-order valence-electron chi connectivity index (χ1n) is 8.83. The molecule has 0 amide bonds. The van der Waals surface area contributed by atoms with Crippen molar-refractivity contribution in [3.8, 4) is 5.75 Å². The van der Waals surface area contributed by atoms with Gasteiger partial charge < -0.3 is 14.2 Å². The highest BCUT2D eigenvalue weighted by molar-refractivity contribution is 6.00. The number of carbonyl (C=O) groups is 1. The number of aromatic nitrogens is 1. The molecule has 4 rings (SSSR count). The first kappa shape index (κ1) is 17.3. The topological polar surface area (TPSA) is 58.8 Å². The van der Waals surface area contributed by atoms with E-state index >= 15 is 0 Å². The van der Waals surface area contributed by atoms with E-state index in [0.717, 1.165) is 30.0 Å². The van der Waals surface area contributed by atoms with Crippen LogP contribution in [0.4, 0.5) is 5.82 Å². The molecule has 0 fully saturated rings. The van der Waals surface area contributed by atoms with Crippen molar-refractivity contribution in [1.29, 1.82) is 0 Å². The van der Waals surface area contributed by atoms with Crippen LogP contribution < -0.4 is 9.64 Å². The van der Waals surface area contributed by atoms with Crippen LogP contribution >= 0.6 is 0 Å². The quantitative estimate of drug-likeness (QED) is 0.642. The van der Waals surface area contributed by atoms with Crippen LogP contribution in [-0.2, 0) is 6.54 Å². The van der Waals surface area contributed by atoms with Crippen LogP contribution in [0.2, 0.25) is 0 Å². The third-order valence-corrected chi connectivity index (χ3v) is 4.70. The molecular weight excluding hydrogens is 342 g/mol. The maximum Gasteiger partial charge on any atom is 0.185 e. The monoisotopic (exact) mass is 363 g/mol. The summed E-state index contributed by atoms with van der Waals surface area (Å²) in [5.41, 5.74) is 2.55. The third-order valence-electron chi connectivity index (χ3n) is 4.70. The van der Waals surface area contributed by atoms with Gasteiger partial charge in [0.1, 0.15) is 5.75 Å². The van der Waals surface area contributed by atoms with Crippen LogP contribution in [0.3, 0.4) is 0 Å². The lowest BCUT2D eigenvalue weighted by atomic mass is 10.1. The van der Waals surface area contributed by atoms with E-state index < -0.39 is 0 Å². The molecule has 0 N–H and O–H groups in total. The van der Waals surface area contributed by atoms with Gasteiger partial charge >= 0.3 is 0 Å². The minimum absolute atomic E-state index is 0.0272. The number of fused-ring (bicyclic) bond motifs is 1. The molecule has 1 aromatic heterocycles. The standard InChI is InChI=1S/C21H21N3O3/c1-15(25)17-6-9-20-19(12-17)21(22-27-20)24-11-3-10-23(14-24)13-16-4-7-18(26-2)8-5-16/h3-9,11-12H,10,13-14H2,1-2H3. The van der Waals surface area contributed by atoms with E-state index in [2.05, 4.69) is 28.3 Å². The first-order chi connectivity index (χ1) is 13.1. The zero-order chi connectivity index (χ0) is 18.8. The maximum absolute atomic E-state index is 11.7. The van der Waals surface area contributed by atoms with Gasteiger partial charge in [0.25, 0.3) is 0 Å². The van der Waals surface area contributed by atoms with Gasteiger partial charge in [-0.05, 0) is 42.8 Å². The number of anilines is 1. The fourth-order valence-electron chi connectivity index (χ4n) is 3.24. The van der Waals surface area contributed by atoms with E-state index in [-0.39, 0.29) is 5.78 Å². The van der Waals surface area contributed by atoms with Crippen LogP contribution in [0.15, 0.2) is 59.3 Å². The Morgan fingerprint density at radius 1 is 1.22 bits per heavy atom. The molecular formula is C21H21N3O3. The highest BCUT2D eigenvalue weighted by Gasteiger charge is 2.20. The molecule has 0 saturated heterocycles. The summed E-state index contributed by atoms with van der Waals surface area (Å²) in [5, 5.41) is 5.07. The van der Waals surface area contributed by atoms with Gasteiger partial charge in [-0.1, -0.05) is 23.4 Å². The Bertz CT molecular complexity index is 992. The van der Waals surface area contributed by atoms with Gasteiger partial charge in [0.15, 0.2) is 17.2 Å². The second-order valence-electron chi connectivity index (χ2n) is 6.63. The van der Waals surface area contributed by atoms with Gasteiger partial charge in [0.2, 0.25) is 0 Å². The minimum atomic E-state index is 0.0272. The number of hydrogen-bond acceptors (Lipinski definition) is 6. The molecule has 6 heteroatoms. The molecule has 2 heterocycles. The summed E-state index contributed by atoms with van der Waals surface area (Å²) in [4.78, 5) is 16.1. The summed E-state index contributed by atoms with van der Waals surface area (Å²) in [6, 6.07) is 13.5. The van der Waals surface area contributed by atoms with E-state index in [4.69, 9.17) is 9.26 Å². The Morgan fingerprint density at radius 3 is 2.78 bits per heavy atom. The Morgan fingerprint density at radius 2 is 2.04 bits per heavy atom. The van der Waals surface area contributed by atoms with Gasteiger partial charge in [0, 0.05) is 24.9 Å². The van der Waals surface area contributed by atoms with E-state index in [1.54, 1.807) is 26.2 Å². The van der Waals surface area contributed by atoms with Crippen molar-refractivity contribution in [1.82, 2.24) is 10.1 Å². The number of methoxy groups -OCH3 is 1. The Labute approximate surface area is 157 Å². The molecule has 3 aromatic rings. The Kier molecular flexibility index (Phi) is 4.64. The van der Waals surface area contributed by atoms with Crippen molar-refractivity contribution in [2.45, 2.75) is 13.5 Å². The normalized spacial score (nSPS) is 14.7. The molecule has 0 spiro atoms. The molecule has 27 heavy (non-hydrogen) atoms. The third kappa shape index (κ3) is 3.57. The Hall–Kier alpha value is -3.12. The lowest BCUT2D eigenvalue weighted by Crippen LogP contribution is -2.38. The summed E-state index contributed by atoms with van der Waals surface area (Å²) in [7, 11) is 1.67. The van der Waals surface area contributed by atoms with Crippen LogP contribution in [-0.4, -0.2) is 36.2 Å². The van der Waals surface area contributed by atoms with E-state index in [1.807, 2.05) is 29.3 Å². The number of nitrogens with zero attached hydrogens (tertiary/aromatic N) is 3. The SMILES string of the molecule is COc1ccc(CN2CC=CN(c3noc4ccc(C(C)=O)cc34)C2)cc1. The van der Waals surface area contributed by atoms with Crippen molar-refractivity contribution in [3.63, 3.8) is 0 Å². The lowest BCUT2D eigenvalue weighted by Gasteiger charge is -2.31. The number of hydrogen-bond donors (Lipinski definition) is 0. The summed E-state index contributed by atoms with van der Waals surface area (Å²) < 4.78 is 10.7. The highest BCUT2D eigenvalue weighted by atomic mass is 16.5. The largest absolute Gasteiger partial charge is 0.497 e. The summed E-state index contributed by atoms with van der Waals surface area (Å²) in [6.07, 6.45) is 4.12.